The highest BCUT2D eigenvalue weighted by Crippen LogP contribution is 2.13. The van der Waals surface area contributed by atoms with Crippen LogP contribution >= 0.6 is 0 Å². The quantitative estimate of drug-likeness (QED) is 0.845. The summed E-state index contributed by atoms with van der Waals surface area (Å²) in [6.45, 7) is 5.38. The number of hydrogen-bond acceptors (Lipinski definition) is 4. The van der Waals surface area contributed by atoms with Crippen molar-refractivity contribution in [2.45, 2.75) is 39.7 Å². The van der Waals surface area contributed by atoms with Crippen LogP contribution in [0.4, 0.5) is 0 Å². The number of carboxylic acid groups (broad SMARTS) is 1. The van der Waals surface area contributed by atoms with Gasteiger partial charge in [-0.3, -0.25) is 4.79 Å². The van der Waals surface area contributed by atoms with Crippen molar-refractivity contribution >= 4 is 11.9 Å². The van der Waals surface area contributed by atoms with Crippen LogP contribution in [0.15, 0.2) is 10.8 Å². The molecule has 0 aliphatic rings. The van der Waals surface area contributed by atoms with Gasteiger partial charge in [0, 0.05) is 19.0 Å². The van der Waals surface area contributed by atoms with E-state index in [-0.39, 0.29) is 18.2 Å². The maximum Gasteiger partial charge on any atom is 0.326 e. The van der Waals surface area contributed by atoms with Crippen molar-refractivity contribution < 1.29 is 19.2 Å². The van der Waals surface area contributed by atoms with E-state index in [1.54, 1.807) is 20.8 Å². The number of rotatable bonds is 6. The lowest BCUT2D eigenvalue weighted by atomic mass is 10.0. The molecule has 0 aliphatic heterocycles. The minimum absolute atomic E-state index is 0.135. The molecule has 0 radical (unpaired) electrons. The molecule has 6 heteroatoms. The summed E-state index contributed by atoms with van der Waals surface area (Å²) in [6.07, 6.45) is 2.26. The molecule has 1 aromatic rings. The number of carboxylic acids is 1. The lowest BCUT2D eigenvalue weighted by molar-refractivity contribution is -0.150. The maximum atomic E-state index is 12.0. The summed E-state index contributed by atoms with van der Waals surface area (Å²) in [7, 11) is 1.53. The molecular formula is C13H20N2O4. The van der Waals surface area contributed by atoms with Gasteiger partial charge in [0.2, 0.25) is 5.91 Å². The van der Waals surface area contributed by atoms with Gasteiger partial charge in [0.25, 0.3) is 0 Å². The van der Waals surface area contributed by atoms with E-state index in [9.17, 15) is 9.59 Å². The first kappa shape index (κ1) is 15.2. The SMILES string of the molecule is Cc1nocc1CCC(=O)N(C)C(C(=O)O)C(C)C. The lowest BCUT2D eigenvalue weighted by Gasteiger charge is -2.27. The van der Waals surface area contributed by atoms with E-state index in [4.69, 9.17) is 9.63 Å². The van der Waals surface area contributed by atoms with Crippen LogP contribution in [0.3, 0.4) is 0 Å². The molecule has 1 amide bonds. The zero-order valence-corrected chi connectivity index (χ0v) is 11.7. The Bertz CT molecular complexity index is 453. The number of nitrogens with zero attached hydrogens (tertiary/aromatic N) is 2. The second-order valence-electron chi connectivity index (χ2n) is 4.96. The molecular weight excluding hydrogens is 248 g/mol. The van der Waals surface area contributed by atoms with Gasteiger partial charge in [0.1, 0.15) is 12.3 Å². The maximum absolute atomic E-state index is 12.0. The Morgan fingerprint density at radius 1 is 1.47 bits per heavy atom. The predicted octanol–water partition coefficient (Wildman–Crippen LogP) is 1.48. The predicted molar refractivity (Wildman–Crippen MR) is 68.6 cm³/mol. The minimum atomic E-state index is -0.980. The van der Waals surface area contributed by atoms with Gasteiger partial charge in [-0.25, -0.2) is 4.79 Å². The third kappa shape index (κ3) is 3.81. The summed E-state index contributed by atoms with van der Waals surface area (Å²) in [6, 6.07) is -0.795. The average molecular weight is 268 g/mol. The number of aromatic nitrogens is 1. The first-order chi connectivity index (χ1) is 8.84. The Morgan fingerprint density at radius 3 is 2.53 bits per heavy atom. The lowest BCUT2D eigenvalue weighted by Crippen LogP contribution is -2.45. The summed E-state index contributed by atoms with van der Waals surface area (Å²) in [4.78, 5) is 24.5. The monoisotopic (exact) mass is 268 g/mol. The second kappa shape index (κ2) is 6.36. The molecule has 19 heavy (non-hydrogen) atoms. The van der Waals surface area contributed by atoms with Crippen molar-refractivity contribution in [3.8, 4) is 0 Å². The van der Waals surface area contributed by atoms with E-state index < -0.39 is 12.0 Å². The molecule has 1 N–H and O–H groups in total. The zero-order chi connectivity index (χ0) is 14.6. The van der Waals surface area contributed by atoms with Gasteiger partial charge in [0.05, 0.1) is 5.69 Å². The van der Waals surface area contributed by atoms with Crippen LogP contribution in [-0.4, -0.2) is 40.1 Å². The van der Waals surface area contributed by atoms with Crippen LogP contribution in [0.25, 0.3) is 0 Å². The van der Waals surface area contributed by atoms with E-state index in [1.807, 2.05) is 0 Å². The standard InChI is InChI=1S/C13H20N2O4/c1-8(2)12(13(17)18)15(4)11(16)6-5-10-7-19-14-9(10)3/h7-8,12H,5-6H2,1-4H3,(H,17,18). The number of carbonyl (C=O) groups is 2. The van der Waals surface area contributed by atoms with Gasteiger partial charge < -0.3 is 14.5 Å². The van der Waals surface area contributed by atoms with Gasteiger partial charge in [-0.15, -0.1) is 0 Å². The van der Waals surface area contributed by atoms with Crippen LogP contribution in [0.5, 0.6) is 0 Å². The molecule has 1 heterocycles. The number of aliphatic carboxylic acids is 1. The second-order valence-corrected chi connectivity index (χ2v) is 4.96. The normalized spacial score (nSPS) is 12.5. The molecule has 1 rings (SSSR count). The van der Waals surface area contributed by atoms with E-state index >= 15 is 0 Å². The minimum Gasteiger partial charge on any atom is -0.480 e. The van der Waals surface area contributed by atoms with Crippen LogP contribution in [0, 0.1) is 12.8 Å². The fraction of sp³-hybridized carbons (Fsp3) is 0.615. The third-order valence-electron chi connectivity index (χ3n) is 3.15. The van der Waals surface area contributed by atoms with Crippen LogP contribution in [0.2, 0.25) is 0 Å². The fourth-order valence-electron chi connectivity index (χ4n) is 2.02. The van der Waals surface area contributed by atoms with Crippen molar-refractivity contribution in [2.24, 2.45) is 5.92 Å². The first-order valence-electron chi connectivity index (χ1n) is 6.23. The molecule has 0 bridgehead atoms. The highest BCUT2D eigenvalue weighted by Gasteiger charge is 2.29. The molecule has 1 atom stereocenters. The van der Waals surface area contributed by atoms with Crippen molar-refractivity contribution in [1.29, 1.82) is 0 Å². The Morgan fingerprint density at radius 2 is 2.11 bits per heavy atom. The largest absolute Gasteiger partial charge is 0.480 e. The van der Waals surface area contributed by atoms with Crippen molar-refractivity contribution in [2.75, 3.05) is 7.05 Å². The fourth-order valence-corrected chi connectivity index (χ4v) is 2.02. The molecule has 1 aromatic heterocycles. The molecule has 0 fully saturated rings. The number of likely N-dealkylation sites (N-methyl/N-ethyl adjacent to an activating group) is 1. The number of hydrogen-bond donors (Lipinski definition) is 1. The highest BCUT2D eigenvalue weighted by atomic mass is 16.5. The highest BCUT2D eigenvalue weighted by molar-refractivity contribution is 5.83. The van der Waals surface area contributed by atoms with Crippen LogP contribution < -0.4 is 0 Å². The topological polar surface area (TPSA) is 83.6 Å². The van der Waals surface area contributed by atoms with Gasteiger partial charge in [0.15, 0.2) is 0 Å². The van der Waals surface area contributed by atoms with Gasteiger partial charge in [-0.05, 0) is 19.3 Å². The smallest absolute Gasteiger partial charge is 0.326 e. The van der Waals surface area contributed by atoms with E-state index in [2.05, 4.69) is 5.16 Å². The Balaban J connectivity index is 2.62. The Hall–Kier alpha value is -1.85. The summed E-state index contributed by atoms with van der Waals surface area (Å²) in [5, 5.41) is 12.9. The molecule has 106 valence electrons. The number of carbonyl (C=O) groups excluding carboxylic acids is 1. The Labute approximate surface area is 112 Å². The van der Waals surface area contributed by atoms with Gasteiger partial charge in [-0.2, -0.15) is 0 Å². The average Bonchev–Trinajstić information content (AvgIpc) is 2.70. The molecule has 0 saturated carbocycles. The zero-order valence-electron chi connectivity index (χ0n) is 11.7. The van der Waals surface area contributed by atoms with E-state index in [0.29, 0.717) is 6.42 Å². The molecule has 0 spiro atoms. The van der Waals surface area contributed by atoms with Crippen molar-refractivity contribution in [3.63, 3.8) is 0 Å². The molecule has 0 aliphatic carbocycles. The molecule has 6 nitrogen and oxygen atoms in total. The summed E-state index contributed by atoms with van der Waals surface area (Å²) in [5.41, 5.74) is 1.63. The summed E-state index contributed by atoms with van der Waals surface area (Å²) in [5.74, 6) is -1.31. The van der Waals surface area contributed by atoms with Gasteiger partial charge in [-0.1, -0.05) is 19.0 Å². The third-order valence-corrected chi connectivity index (χ3v) is 3.15. The van der Waals surface area contributed by atoms with Crippen LogP contribution in [0.1, 0.15) is 31.5 Å². The summed E-state index contributed by atoms with van der Waals surface area (Å²) >= 11 is 0. The molecule has 0 saturated heterocycles. The Kier molecular flexibility index (Phi) is 5.09. The van der Waals surface area contributed by atoms with Crippen molar-refractivity contribution in [3.05, 3.63) is 17.5 Å². The number of amides is 1. The van der Waals surface area contributed by atoms with Crippen LogP contribution in [-0.2, 0) is 16.0 Å². The first-order valence-corrected chi connectivity index (χ1v) is 6.23. The molecule has 0 aromatic carbocycles. The van der Waals surface area contributed by atoms with E-state index in [1.165, 1.54) is 18.2 Å². The van der Waals surface area contributed by atoms with Gasteiger partial charge >= 0.3 is 5.97 Å². The summed E-state index contributed by atoms with van der Waals surface area (Å²) < 4.78 is 4.79. The molecule has 1 unspecified atom stereocenters. The van der Waals surface area contributed by atoms with Crippen molar-refractivity contribution in [1.82, 2.24) is 10.1 Å². The number of aryl methyl sites for hydroxylation is 2. The van der Waals surface area contributed by atoms with E-state index in [0.717, 1.165) is 11.3 Å².